The Bertz CT molecular complexity index is 625. The number of nitrogens with zero attached hydrogens (tertiary/aromatic N) is 1. The topological polar surface area (TPSA) is 20.3 Å². The van der Waals surface area contributed by atoms with Crippen molar-refractivity contribution < 1.29 is 4.79 Å². The molecule has 2 aromatic carbocycles. The van der Waals surface area contributed by atoms with E-state index >= 15 is 0 Å². The van der Waals surface area contributed by atoms with Crippen molar-refractivity contribution in [2.45, 2.75) is 18.4 Å². The van der Waals surface area contributed by atoms with Gasteiger partial charge in [0.25, 0.3) is 5.91 Å². The highest BCUT2D eigenvalue weighted by Gasteiger charge is 2.15. The molecule has 2 aromatic rings. The molecule has 0 spiro atoms. The summed E-state index contributed by atoms with van der Waals surface area (Å²) < 4.78 is 0.788. The van der Waals surface area contributed by atoms with Gasteiger partial charge in [-0.3, -0.25) is 4.79 Å². The van der Waals surface area contributed by atoms with E-state index in [9.17, 15) is 4.79 Å². The maximum atomic E-state index is 12.5. The van der Waals surface area contributed by atoms with Crippen molar-refractivity contribution in [3.8, 4) is 0 Å². The molecule has 2 rings (SSSR count). The standard InChI is InChI=1S/C16H16BrNOS/c1-11-3-5-12(6-4-11)10-18(2)16(19)14-9-13(20)7-8-15(14)17/h3-9,20H,10H2,1-2H3. The van der Waals surface area contributed by atoms with Gasteiger partial charge in [0, 0.05) is 23.0 Å². The molecule has 0 saturated heterocycles. The highest BCUT2D eigenvalue weighted by Crippen LogP contribution is 2.22. The second kappa shape index (κ2) is 6.46. The SMILES string of the molecule is Cc1ccc(CN(C)C(=O)c2cc(S)ccc2Br)cc1. The third-order valence-corrected chi connectivity index (χ3v) is 4.04. The Hall–Kier alpha value is -1.26. The van der Waals surface area contributed by atoms with Crippen LogP contribution in [0.3, 0.4) is 0 Å². The molecule has 0 N–H and O–H groups in total. The first-order valence-corrected chi connectivity index (χ1v) is 7.51. The van der Waals surface area contributed by atoms with Crippen molar-refractivity contribution >= 4 is 34.5 Å². The van der Waals surface area contributed by atoms with Crippen LogP contribution >= 0.6 is 28.6 Å². The van der Waals surface area contributed by atoms with Crippen LogP contribution in [0.25, 0.3) is 0 Å². The zero-order chi connectivity index (χ0) is 14.7. The lowest BCUT2D eigenvalue weighted by Crippen LogP contribution is -2.26. The van der Waals surface area contributed by atoms with Gasteiger partial charge < -0.3 is 4.90 Å². The molecule has 0 aliphatic carbocycles. The quantitative estimate of drug-likeness (QED) is 0.818. The van der Waals surface area contributed by atoms with Gasteiger partial charge in [-0.15, -0.1) is 12.6 Å². The summed E-state index contributed by atoms with van der Waals surface area (Å²) in [5, 5.41) is 0. The molecule has 0 radical (unpaired) electrons. The van der Waals surface area contributed by atoms with Crippen LogP contribution in [-0.2, 0) is 6.54 Å². The number of aryl methyl sites for hydroxylation is 1. The van der Waals surface area contributed by atoms with Crippen molar-refractivity contribution in [3.63, 3.8) is 0 Å². The molecule has 0 bridgehead atoms. The normalized spacial score (nSPS) is 10.4. The first kappa shape index (κ1) is 15.1. The van der Waals surface area contributed by atoms with Crippen molar-refractivity contribution in [3.05, 3.63) is 63.6 Å². The van der Waals surface area contributed by atoms with Crippen LogP contribution in [0.2, 0.25) is 0 Å². The van der Waals surface area contributed by atoms with Crippen molar-refractivity contribution in [2.24, 2.45) is 0 Å². The Morgan fingerprint density at radius 3 is 2.50 bits per heavy atom. The minimum absolute atomic E-state index is 0.0200. The average molecular weight is 350 g/mol. The van der Waals surface area contributed by atoms with Gasteiger partial charge in [-0.05, 0) is 46.6 Å². The summed E-state index contributed by atoms with van der Waals surface area (Å²) in [6.07, 6.45) is 0. The van der Waals surface area contributed by atoms with Gasteiger partial charge >= 0.3 is 0 Å². The Morgan fingerprint density at radius 1 is 1.20 bits per heavy atom. The van der Waals surface area contributed by atoms with E-state index in [2.05, 4.69) is 40.7 Å². The lowest BCUT2D eigenvalue weighted by Gasteiger charge is -2.18. The molecule has 0 unspecified atom stereocenters. The van der Waals surface area contributed by atoms with E-state index in [1.807, 2.05) is 31.2 Å². The van der Waals surface area contributed by atoms with Gasteiger partial charge in [0.2, 0.25) is 0 Å². The lowest BCUT2D eigenvalue weighted by atomic mass is 10.1. The molecule has 1 amide bonds. The number of hydrogen-bond acceptors (Lipinski definition) is 2. The third kappa shape index (κ3) is 3.64. The highest BCUT2D eigenvalue weighted by molar-refractivity contribution is 9.10. The number of rotatable bonds is 3. The van der Waals surface area contributed by atoms with Crippen LogP contribution in [0.5, 0.6) is 0 Å². The predicted molar refractivity (Wildman–Crippen MR) is 88.4 cm³/mol. The van der Waals surface area contributed by atoms with Crippen LogP contribution in [0.15, 0.2) is 51.8 Å². The van der Waals surface area contributed by atoms with E-state index in [4.69, 9.17) is 0 Å². The van der Waals surface area contributed by atoms with Crippen LogP contribution in [0.4, 0.5) is 0 Å². The molecular weight excluding hydrogens is 334 g/mol. The van der Waals surface area contributed by atoms with Gasteiger partial charge in [0.1, 0.15) is 0 Å². The summed E-state index contributed by atoms with van der Waals surface area (Å²) in [5.74, 6) is -0.0200. The molecule has 4 heteroatoms. The molecule has 0 aromatic heterocycles. The fourth-order valence-corrected chi connectivity index (χ4v) is 2.54. The number of halogens is 1. The molecular formula is C16H16BrNOS. The van der Waals surface area contributed by atoms with E-state index in [1.54, 1.807) is 18.0 Å². The summed E-state index contributed by atoms with van der Waals surface area (Å²) in [6, 6.07) is 13.7. The fraction of sp³-hybridized carbons (Fsp3) is 0.188. The van der Waals surface area contributed by atoms with Crippen molar-refractivity contribution in [1.29, 1.82) is 0 Å². The number of amides is 1. The number of thiol groups is 1. The third-order valence-electron chi connectivity index (χ3n) is 3.07. The van der Waals surface area contributed by atoms with E-state index in [0.29, 0.717) is 12.1 Å². The zero-order valence-electron chi connectivity index (χ0n) is 11.4. The van der Waals surface area contributed by atoms with Crippen molar-refractivity contribution in [1.82, 2.24) is 4.90 Å². The van der Waals surface area contributed by atoms with E-state index < -0.39 is 0 Å². The fourth-order valence-electron chi connectivity index (χ4n) is 1.92. The molecule has 0 heterocycles. The van der Waals surface area contributed by atoms with Crippen LogP contribution in [0, 0.1) is 6.92 Å². The summed E-state index contributed by atoms with van der Waals surface area (Å²) >= 11 is 7.70. The Kier molecular flexibility index (Phi) is 4.89. The molecule has 2 nitrogen and oxygen atoms in total. The Balaban J connectivity index is 2.16. The second-order valence-corrected chi connectivity index (χ2v) is 6.18. The minimum atomic E-state index is -0.0200. The molecule has 0 atom stereocenters. The summed E-state index contributed by atoms with van der Waals surface area (Å²) in [6.45, 7) is 2.64. The predicted octanol–water partition coefficient (Wildman–Crippen LogP) is 4.32. The number of carbonyl (C=O) groups is 1. The summed E-state index contributed by atoms with van der Waals surface area (Å²) in [5.41, 5.74) is 2.96. The smallest absolute Gasteiger partial charge is 0.255 e. The van der Waals surface area contributed by atoms with Gasteiger partial charge in [0.15, 0.2) is 0 Å². The number of carbonyl (C=O) groups excluding carboxylic acids is 1. The first-order valence-electron chi connectivity index (χ1n) is 6.27. The van der Waals surface area contributed by atoms with E-state index in [1.165, 1.54) is 5.56 Å². The molecule has 0 fully saturated rings. The van der Waals surface area contributed by atoms with Crippen molar-refractivity contribution in [2.75, 3.05) is 7.05 Å². The van der Waals surface area contributed by atoms with Gasteiger partial charge in [0.05, 0.1) is 5.56 Å². The Labute approximate surface area is 133 Å². The van der Waals surface area contributed by atoms with Gasteiger partial charge in [-0.25, -0.2) is 0 Å². The molecule has 0 aliphatic heterocycles. The number of benzene rings is 2. The first-order chi connectivity index (χ1) is 9.47. The summed E-state index contributed by atoms with van der Waals surface area (Å²) in [4.78, 5) is 14.9. The number of hydrogen-bond donors (Lipinski definition) is 1. The maximum absolute atomic E-state index is 12.5. The van der Waals surface area contributed by atoms with Crippen LogP contribution in [0.1, 0.15) is 21.5 Å². The molecule has 20 heavy (non-hydrogen) atoms. The highest BCUT2D eigenvalue weighted by atomic mass is 79.9. The Morgan fingerprint density at radius 2 is 1.85 bits per heavy atom. The van der Waals surface area contributed by atoms with Gasteiger partial charge in [-0.1, -0.05) is 29.8 Å². The van der Waals surface area contributed by atoms with E-state index in [-0.39, 0.29) is 5.91 Å². The van der Waals surface area contributed by atoms with E-state index in [0.717, 1.165) is 14.9 Å². The van der Waals surface area contributed by atoms with Crippen LogP contribution in [-0.4, -0.2) is 17.9 Å². The van der Waals surface area contributed by atoms with Gasteiger partial charge in [-0.2, -0.15) is 0 Å². The lowest BCUT2D eigenvalue weighted by molar-refractivity contribution is 0.0784. The largest absolute Gasteiger partial charge is 0.337 e. The maximum Gasteiger partial charge on any atom is 0.255 e. The van der Waals surface area contributed by atoms with Crippen LogP contribution < -0.4 is 0 Å². The molecule has 104 valence electrons. The molecule has 0 aliphatic rings. The second-order valence-electron chi connectivity index (χ2n) is 4.81. The zero-order valence-corrected chi connectivity index (χ0v) is 13.9. The monoisotopic (exact) mass is 349 g/mol. The molecule has 0 saturated carbocycles. The minimum Gasteiger partial charge on any atom is -0.337 e. The average Bonchev–Trinajstić information content (AvgIpc) is 2.43. The summed E-state index contributed by atoms with van der Waals surface area (Å²) in [7, 11) is 1.81.